The third-order valence-corrected chi connectivity index (χ3v) is 5.71. The van der Waals surface area contributed by atoms with Crippen molar-refractivity contribution < 1.29 is 9.90 Å². The minimum Gasteiger partial charge on any atom is -0.481 e. The summed E-state index contributed by atoms with van der Waals surface area (Å²) < 4.78 is 1.02. The van der Waals surface area contributed by atoms with Crippen LogP contribution in [-0.2, 0) is 11.2 Å². The number of nitrogens with zero attached hydrogens (tertiary/aromatic N) is 2. The second-order valence-corrected chi connectivity index (χ2v) is 7.95. The number of rotatable bonds is 5. The lowest BCUT2D eigenvalue weighted by atomic mass is 9.89. The number of carboxylic acid groups (broad SMARTS) is 1. The first-order chi connectivity index (χ1) is 11.0. The van der Waals surface area contributed by atoms with Crippen LogP contribution in [0.3, 0.4) is 0 Å². The van der Waals surface area contributed by atoms with Crippen molar-refractivity contribution in [2.45, 2.75) is 19.3 Å². The highest BCUT2D eigenvalue weighted by molar-refractivity contribution is 9.10. The van der Waals surface area contributed by atoms with Gasteiger partial charge in [-0.3, -0.25) is 4.79 Å². The summed E-state index contributed by atoms with van der Waals surface area (Å²) in [5, 5.41) is 12.7. The zero-order valence-corrected chi connectivity index (χ0v) is 15.3. The Morgan fingerprint density at radius 3 is 2.74 bits per heavy atom. The molecule has 0 spiro atoms. The SMILES string of the molecule is Cc1nc(CCN2C[C@@H](C(=O)O)[C@H](c3ccc(Br)cc3)C2)cs1. The molecule has 2 aromatic rings. The molecule has 6 heteroatoms. The average molecular weight is 395 g/mol. The van der Waals surface area contributed by atoms with Gasteiger partial charge in [-0.2, -0.15) is 0 Å². The van der Waals surface area contributed by atoms with E-state index >= 15 is 0 Å². The van der Waals surface area contributed by atoms with E-state index in [9.17, 15) is 9.90 Å². The molecular weight excluding hydrogens is 376 g/mol. The number of aromatic nitrogens is 1. The van der Waals surface area contributed by atoms with Crippen molar-refractivity contribution in [3.05, 3.63) is 50.4 Å². The molecule has 0 amide bonds. The van der Waals surface area contributed by atoms with E-state index in [-0.39, 0.29) is 11.8 Å². The smallest absolute Gasteiger partial charge is 0.308 e. The molecule has 0 unspecified atom stereocenters. The van der Waals surface area contributed by atoms with Crippen LogP contribution in [0.1, 0.15) is 22.2 Å². The van der Waals surface area contributed by atoms with Gasteiger partial charge in [0.15, 0.2) is 0 Å². The Labute approximate surface area is 148 Å². The summed E-state index contributed by atoms with van der Waals surface area (Å²) in [5.41, 5.74) is 2.21. The second-order valence-electron chi connectivity index (χ2n) is 5.97. The van der Waals surface area contributed by atoms with E-state index in [4.69, 9.17) is 0 Å². The van der Waals surface area contributed by atoms with E-state index in [1.807, 2.05) is 31.2 Å². The maximum absolute atomic E-state index is 11.6. The summed E-state index contributed by atoms with van der Waals surface area (Å²) in [7, 11) is 0. The molecule has 0 aliphatic carbocycles. The van der Waals surface area contributed by atoms with Crippen LogP contribution in [-0.4, -0.2) is 40.6 Å². The van der Waals surface area contributed by atoms with Gasteiger partial charge < -0.3 is 10.0 Å². The second kappa shape index (κ2) is 7.11. The van der Waals surface area contributed by atoms with Crippen LogP contribution in [0.25, 0.3) is 0 Å². The van der Waals surface area contributed by atoms with Crippen molar-refractivity contribution in [3.63, 3.8) is 0 Å². The predicted octanol–water partition coefficient (Wildman–Crippen LogP) is 3.56. The van der Waals surface area contributed by atoms with Gasteiger partial charge in [0, 0.05) is 41.8 Å². The number of benzene rings is 1. The minimum absolute atomic E-state index is 0.0535. The molecular formula is C17H19BrN2O2S. The summed E-state index contributed by atoms with van der Waals surface area (Å²) in [6.45, 7) is 4.27. The van der Waals surface area contributed by atoms with Crippen LogP contribution in [0.15, 0.2) is 34.1 Å². The summed E-state index contributed by atoms with van der Waals surface area (Å²) >= 11 is 5.09. The number of hydrogen-bond acceptors (Lipinski definition) is 4. The summed E-state index contributed by atoms with van der Waals surface area (Å²) in [4.78, 5) is 18.4. The normalized spacial score (nSPS) is 21.7. The Balaban J connectivity index is 1.68. The molecule has 4 nitrogen and oxygen atoms in total. The van der Waals surface area contributed by atoms with E-state index in [1.54, 1.807) is 11.3 Å². The first-order valence-corrected chi connectivity index (χ1v) is 9.32. The minimum atomic E-state index is -0.704. The lowest BCUT2D eigenvalue weighted by molar-refractivity contribution is -0.141. The van der Waals surface area contributed by atoms with Crippen molar-refractivity contribution in [3.8, 4) is 0 Å². The van der Waals surface area contributed by atoms with Crippen molar-refractivity contribution in [2.75, 3.05) is 19.6 Å². The van der Waals surface area contributed by atoms with Gasteiger partial charge in [-0.1, -0.05) is 28.1 Å². The Kier molecular flexibility index (Phi) is 5.14. The lowest BCUT2D eigenvalue weighted by Gasteiger charge is -2.16. The highest BCUT2D eigenvalue weighted by Gasteiger charge is 2.38. The van der Waals surface area contributed by atoms with Gasteiger partial charge in [-0.25, -0.2) is 4.98 Å². The van der Waals surface area contributed by atoms with Gasteiger partial charge in [0.25, 0.3) is 0 Å². The Morgan fingerprint density at radius 1 is 1.39 bits per heavy atom. The zero-order valence-electron chi connectivity index (χ0n) is 12.9. The van der Waals surface area contributed by atoms with Crippen molar-refractivity contribution in [1.82, 2.24) is 9.88 Å². The quantitative estimate of drug-likeness (QED) is 0.841. The van der Waals surface area contributed by atoms with Crippen LogP contribution in [0.5, 0.6) is 0 Å². The number of carboxylic acids is 1. The zero-order chi connectivity index (χ0) is 16.4. The Morgan fingerprint density at radius 2 is 2.13 bits per heavy atom. The molecule has 0 saturated carbocycles. The van der Waals surface area contributed by atoms with Crippen LogP contribution >= 0.6 is 27.3 Å². The van der Waals surface area contributed by atoms with E-state index in [2.05, 4.69) is 31.2 Å². The highest BCUT2D eigenvalue weighted by atomic mass is 79.9. The fraction of sp³-hybridized carbons (Fsp3) is 0.412. The molecule has 2 heterocycles. The number of carbonyl (C=O) groups is 1. The van der Waals surface area contributed by atoms with E-state index in [0.717, 1.165) is 40.2 Å². The number of hydrogen-bond donors (Lipinski definition) is 1. The first kappa shape index (κ1) is 16.6. The molecule has 3 rings (SSSR count). The topological polar surface area (TPSA) is 53.4 Å². The Bertz CT molecular complexity index is 686. The molecule has 1 saturated heterocycles. The summed E-state index contributed by atoms with van der Waals surface area (Å²) in [6, 6.07) is 8.01. The van der Waals surface area contributed by atoms with Crippen LogP contribution < -0.4 is 0 Å². The number of likely N-dealkylation sites (tertiary alicyclic amines) is 1. The van der Waals surface area contributed by atoms with Gasteiger partial charge in [0.1, 0.15) is 0 Å². The maximum Gasteiger partial charge on any atom is 0.308 e. The molecule has 1 N–H and O–H groups in total. The van der Waals surface area contributed by atoms with E-state index in [0.29, 0.717) is 6.54 Å². The molecule has 23 heavy (non-hydrogen) atoms. The standard InChI is InChI=1S/C17H19BrN2O2S/c1-11-19-14(10-23-11)6-7-20-8-15(16(9-20)17(21)22)12-2-4-13(18)5-3-12/h2-5,10,15-16H,6-9H2,1H3,(H,21,22)/t15-,16+/m0/s1. The molecule has 0 bridgehead atoms. The van der Waals surface area contributed by atoms with Crippen molar-refractivity contribution in [2.24, 2.45) is 5.92 Å². The maximum atomic E-state index is 11.6. The third-order valence-electron chi connectivity index (χ3n) is 4.36. The van der Waals surface area contributed by atoms with Gasteiger partial charge >= 0.3 is 5.97 Å². The summed E-state index contributed by atoms with van der Waals surface area (Å²) in [6.07, 6.45) is 0.879. The monoisotopic (exact) mass is 394 g/mol. The van der Waals surface area contributed by atoms with Crippen LogP contribution in [0.2, 0.25) is 0 Å². The van der Waals surface area contributed by atoms with Gasteiger partial charge in [0.2, 0.25) is 0 Å². The molecule has 1 aliphatic heterocycles. The third kappa shape index (κ3) is 4.00. The first-order valence-electron chi connectivity index (χ1n) is 7.64. The van der Waals surface area contributed by atoms with Gasteiger partial charge in [-0.05, 0) is 24.6 Å². The number of aryl methyl sites for hydroxylation is 1. The number of aliphatic carboxylic acids is 1. The van der Waals surface area contributed by atoms with Crippen molar-refractivity contribution >= 4 is 33.2 Å². The summed E-state index contributed by atoms with van der Waals surface area (Å²) in [5.74, 6) is -0.990. The van der Waals surface area contributed by atoms with E-state index in [1.165, 1.54) is 0 Å². The van der Waals surface area contributed by atoms with Gasteiger partial charge in [-0.15, -0.1) is 11.3 Å². The lowest BCUT2D eigenvalue weighted by Crippen LogP contribution is -2.25. The molecule has 1 aromatic carbocycles. The Hall–Kier alpha value is -1.24. The number of halogens is 1. The molecule has 1 aromatic heterocycles. The average Bonchev–Trinajstić information content (AvgIpc) is 3.12. The fourth-order valence-electron chi connectivity index (χ4n) is 3.16. The fourth-order valence-corrected chi connectivity index (χ4v) is 4.07. The van der Waals surface area contributed by atoms with Crippen LogP contribution in [0, 0.1) is 12.8 Å². The molecule has 1 aliphatic rings. The molecule has 122 valence electrons. The van der Waals surface area contributed by atoms with Crippen molar-refractivity contribution in [1.29, 1.82) is 0 Å². The highest BCUT2D eigenvalue weighted by Crippen LogP contribution is 2.33. The molecule has 0 radical (unpaired) electrons. The molecule has 1 fully saturated rings. The van der Waals surface area contributed by atoms with E-state index < -0.39 is 5.97 Å². The largest absolute Gasteiger partial charge is 0.481 e. The van der Waals surface area contributed by atoms with Gasteiger partial charge in [0.05, 0.1) is 16.6 Å². The number of thiazole rings is 1. The van der Waals surface area contributed by atoms with Crippen LogP contribution in [0.4, 0.5) is 0 Å². The molecule has 2 atom stereocenters. The predicted molar refractivity (Wildman–Crippen MR) is 95.0 cm³/mol.